The van der Waals surface area contributed by atoms with E-state index in [9.17, 15) is 9.59 Å². The summed E-state index contributed by atoms with van der Waals surface area (Å²) in [5.41, 5.74) is 2.95. The van der Waals surface area contributed by atoms with Gasteiger partial charge in [-0.25, -0.2) is 4.98 Å². The van der Waals surface area contributed by atoms with Crippen LogP contribution in [0.3, 0.4) is 0 Å². The molecule has 0 N–H and O–H groups in total. The van der Waals surface area contributed by atoms with Crippen LogP contribution < -0.4 is 15.2 Å². The third kappa shape index (κ3) is 5.29. The predicted molar refractivity (Wildman–Crippen MR) is 153 cm³/mol. The Morgan fingerprint density at radius 2 is 1.81 bits per heavy atom. The number of carbonyl (C=O) groups is 1. The van der Waals surface area contributed by atoms with Gasteiger partial charge in [0.05, 0.1) is 17.6 Å². The van der Waals surface area contributed by atoms with Crippen molar-refractivity contribution in [1.29, 1.82) is 0 Å². The lowest BCUT2D eigenvalue weighted by molar-refractivity contribution is -0.122. The van der Waals surface area contributed by atoms with Gasteiger partial charge in [-0.3, -0.25) is 18.9 Å². The topological polar surface area (TPSA) is 67.2 Å². The van der Waals surface area contributed by atoms with E-state index in [0.717, 1.165) is 42.8 Å². The Labute approximate surface area is 226 Å². The van der Waals surface area contributed by atoms with Gasteiger partial charge in [0.2, 0.25) is 0 Å². The number of anilines is 1. The smallest absolute Gasteiger partial charge is 0.267 e. The molecular formula is C28H30N4O3S2. The van der Waals surface area contributed by atoms with E-state index in [1.54, 1.807) is 28.7 Å². The van der Waals surface area contributed by atoms with Crippen LogP contribution in [0.4, 0.5) is 5.82 Å². The zero-order valence-corrected chi connectivity index (χ0v) is 22.7. The predicted octanol–water partition coefficient (Wildman–Crippen LogP) is 4.84. The maximum absolute atomic E-state index is 13.7. The fraction of sp³-hybridized carbons (Fsp3) is 0.357. The normalized spacial score (nSPS) is 17.6. The highest BCUT2D eigenvalue weighted by Crippen LogP contribution is 2.34. The largest absolute Gasteiger partial charge is 0.497 e. The molecule has 4 heterocycles. The standard InChI is InChI=1S/C28H30N4O3S2/c1-19-8-7-16-31-24(19)29-25(30-14-5-3-4-6-15-30)22(26(31)33)18-23-27(34)32(28(36)37-23)17-13-20-9-11-21(35-2)12-10-20/h7-12,16,18H,3-6,13-15,17H2,1-2H3. The van der Waals surface area contributed by atoms with Gasteiger partial charge in [-0.05, 0) is 61.6 Å². The number of aromatic nitrogens is 2. The molecule has 2 aromatic heterocycles. The molecule has 2 aliphatic heterocycles. The molecule has 9 heteroatoms. The number of nitrogens with zero attached hydrogens (tertiary/aromatic N) is 4. The van der Waals surface area contributed by atoms with E-state index < -0.39 is 0 Å². The number of thioether (sulfide) groups is 1. The van der Waals surface area contributed by atoms with Gasteiger partial charge in [0.15, 0.2) is 0 Å². The van der Waals surface area contributed by atoms with E-state index in [0.29, 0.717) is 39.2 Å². The molecule has 0 atom stereocenters. The second-order valence-electron chi connectivity index (χ2n) is 9.37. The van der Waals surface area contributed by atoms with Crippen molar-refractivity contribution in [3.63, 3.8) is 0 Å². The number of aryl methyl sites for hydroxylation is 1. The number of ether oxygens (including phenoxy) is 1. The Hall–Kier alpha value is -3.17. The minimum absolute atomic E-state index is 0.168. The van der Waals surface area contributed by atoms with Crippen molar-refractivity contribution < 1.29 is 9.53 Å². The fourth-order valence-electron chi connectivity index (χ4n) is 4.81. The molecule has 1 amide bonds. The monoisotopic (exact) mass is 534 g/mol. The first-order valence-electron chi connectivity index (χ1n) is 12.6. The van der Waals surface area contributed by atoms with Crippen LogP contribution in [0, 0.1) is 6.92 Å². The second-order valence-corrected chi connectivity index (χ2v) is 11.0. The minimum Gasteiger partial charge on any atom is -0.497 e. The van der Waals surface area contributed by atoms with E-state index in [1.807, 2.05) is 43.3 Å². The Kier molecular flexibility index (Phi) is 7.62. The van der Waals surface area contributed by atoms with Gasteiger partial charge in [-0.2, -0.15) is 0 Å². The number of benzene rings is 1. The molecule has 7 nitrogen and oxygen atoms in total. The Morgan fingerprint density at radius 1 is 1.08 bits per heavy atom. The highest BCUT2D eigenvalue weighted by molar-refractivity contribution is 8.26. The Morgan fingerprint density at radius 3 is 2.51 bits per heavy atom. The number of carbonyl (C=O) groups excluding carboxylic acids is 1. The first kappa shape index (κ1) is 25.5. The van der Waals surface area contributed by atoms with E-state index >= 15 is 0 Å². The van der Waals surface area contributed by atoms with Gasteiger partial charge in [-0.15, -0.1) is 0 Å². The lowest BCUT2D eigenvalue weighted by atomic mass is 10.1. The molecular weight excluding hydrogens is 504 g/mol. The van der Waals surface area contributed by atoms with Crippen LogP contribution in [0.25, 0.3) is 11.7 Å². The minimum atomic E-state index is -0.170. The van der Waals surface area contributed by atoms with E-state index in [1.165, 1.54) is 24.6 Å². The van der Waals surface area contributed by atoms with Crippen LogP contribution >= 0.6 is 24.0 Å². The van der Waals surface area contributed by atoms with Crippen molar-refractivity contribution in [3.8, 4) is 5.75 Å². The summed E-state index contributed by atoms with van der Waals surface area (Å²) in [6, 6.07) is 11.6. The van der Waals surface area contributed by atoms with Gasteiger partial charge in [0, 0.05) is 25.8 Å². The number of rotatable bonds is 6. The number of methoxy groups -OCH3 is 1. The van der Waals surface area contributed by atoms with Gasteiger partial charge < -0.3 is 9.64 Å². The molecule has 37 heavy (non-hydrogen) atoms. The van der Waals surface area contributed by atoms with Crippen molar-refractivity contribution in [2.45, 2.75) is 39.0 Å². The number of hydrogen-bond acceptors (Lipinski definition) is 7. The zero-order chi connectivity index (χ0) is 25.9. The Bertz CT molecular complexity index is 1420. The Balaban J connectivity index is 1.48. The van der Waals surface area contributed by atoms with Crippen LogP contribution in [0.2, 0.25) is 0 Å². The molecule has 0 aliphatic carbocycles. The highest BCUT2D eigenvalue weighted by atomic mass is 32.2. The zero-order valence-electron chi connectivity index (χ0n) is 21.1. The van der Waals surface area contributed by atoms with E-state index in [-0.39, 0.29) is 11.5 Å². The first-order chi connectivity index (χ1) is 18.0. The molecule has 1 aromatic carbocycles. The molecule has 0 unspecified atom stereocenters. The SMILES string of the molecule is COc1ccc(CCN2C(=O)C(=Cc3c(N4CCCCCC4)nc4c(C)cccn4c3=O)SC2=S)cc1. The number of fused-ring (bicyclic) bond motifs is 1. The maximum atomic E-state index is 13.7. The van der Waals surface area contributed by atoms with E-state index in [4.69, 9.17) is 21.9 Å². The van der Waals surface area contributed by atoms with Crippen LogP contribution in [-0.2, 0) is 11.2 Å². The van der Waals surface area contributed by atoms with Crippen molar-refractivity contribution in [2.24, 2.45) is 0 Å². The maximum Gasteiger partial charge on any atom is 0.267 e. The molecule has 0 radical (unpaired) electrons. The first-order valence-corrected chi connectivity index (χ1v) is 13.8. The summed E-state index contributed by atoms with van der Waals surface area (Å²) in [6.07, 6.45) is 8.57. The van der Waals surface area contributed by atoms with Gasteiger partial charge in [0.25, 0.3) is 11.5 Å². The number of amides is 1. The summed E-state index contributed by atoms with van der Waals surface area (Å²) >= 11 is 6.82. The number of thiocarbonyl (C=S) groups is 1. The van der Waals surface area contributed by atoms with Gasteiger partial charge >= 0.3 is 0 Å². The molecule has 5 rings (SSSR count). The van der Waals surface area contributed by atoms with Crippen molar-refractivity contribution >= 4 is 51.7 Å². The molecule has 0 saturated carbocycles. The average Bonchev–Trinajstić information content (AvgIpc) is 3.07. The summed E-state index contributed by atoms with van der Waals surface area (Å²) in [4.78, 5) is 36.4. The fourth-order valence-corrected chi connectivity index (χ4v) is 6.10. The molecule has 0 spiro atoms. The quantitative estimate of drug-likeness (QED) is 0.331. The number of hydrogen-bond donors (Lipinski definition) is 0. The second kappa shape index (κ2) is 11.1. The van der Waals surface area contributed by atoms with Crippen molar-refractivity contribution in [2.75, 3.05) is 31.6 Å². The molecule has 2 saturated heterocycles. The molecule has 0 bridgehead atoms. The summed E-state index contributed by atoms with van der Waals surface area (Å²) in [5.74, 6) is 1.28. The summed E-state index contributed by atoms with van der Waals surface area (Å²) in [6.45, 7) is 4.12. The van der Waals surface area contributed by atoms with Crippen LogP contribution in [-0.4, -0.2) is 51.3 Å². The van der Waals surface area contributed by atoms with Crippen molar-refractivity contribution in [1.82, 2.24) is 14.3 Å². The molecule has 3 aromatic rings. The summed E-state index contributed by atoms with van der Waals surface area (Å²) in [5, 5.41) is 0. The third-order valence-electron chi connectivity index (χ3n) is 6.90. The van der Waals surface area contributed by atoms with Gasteiger partial charge in [-0.1, -0.05) is 55.0 Å². The highest BCUT2D eigenvalue weighted by Gasteiger charge is 2.33. The lowest BCUT2D eigenvalue weighted by Crippen LogP contribution is -2.31. The number of pyridine rings is 1. The van der Waals surface area contributed by atoms with Crippen LogP contribution in [0.1, 0.15) is 42.4 Å². The van der Waals surface area contributed by atoms with Crippen LogP contribution in [0.5, 0.6) is 5.75 Å². The molecule has 192 valence electrons. The molecule has 2 fully saturated rings. The third-order valence-corrected chi connectivity index (χ3v) is 8.28. The van der Waals surface area contributed by atoms with Crippen molar-refractivity contribution in [3.05, 3.63) is 74.5 Å². The summed E-state index contributed by atoms with van der Waals surface area (Å²) < 4.78 is 7.30. The lowest BCUT2D eigenvalue weighted by Gasteiger charge is -2.24. The average molecular weight is 535 g/mol. The molecule has 2 aliphatic rings. The van der Waals surface area contributed by atoms with E-state index in [2.05, 4.69) is 4.90 Å². The van der Waals surface area contributed by atoms with Gasteiger partial charge in [0.1, 0.15) is 21.5 Å². The van der Waals surface area contributed by atoms with Crippen LogP contribution in [0.15, 0.2) is 52.3 Å². The summed E-state index contributed by atoms with van der Waals surface area (Å²) in [7, 11) is 1.64.